The van der Waals surface area contributed by atoms with Gasteiger partial charge in [0.25, 0.3) is 0 Å². The molecule has 3 nitrogen and oxygen atoms in total. The van der Waals surface area contributed by atoms with E-state index in [9.17, 15) is 10.2 Å². The van der Waals surface area contributed by atoms with Gasteiger partial charge in [-0.25, -0.2) is 0 Å². The molecular weight excluding hydrogens is 388 g/mol. The third kappa shape index (κ3) is 1.51. The Morgan fingerprint density at radius 2 is 1.70 bits per heavy atom. The van der Waals surface area contributed by atoms with Crippen LogP contribution in [0, 0.1) is 10.8 Å². The first-order valence-corrected chi connectivity index (χ1v) is 8.76. The number of alkyl halides is 2. The van der Waals surface area contributed by atoms with Gasteiger partial charge in [-0.3, -0.25) is 0 Å². The van der Waals surface area contributed by atoms with Gasteiger partial charge in [0.1, 0.15) is 4.51 Å². The van der Waals surface area contributed by atoms with Gasteiger partial charge < -0.3 is 14.9 Å². The van der Waals surface area contributed by atoms with Crippen molar-refractivity contribution in [2.75, 3.05) is 0 Å². The third-order valence-electron chi connectivity index (χ3n) is 6.13. The summed E-state index contributed by atoms with van der Waals surface area (Å²) < 4.78 is 5.71. The van der Waals surface area contributed by atoms with Gasteiger partial charge >= 0.3 is 0 Å². The van der Waals surface area contributed by atoms with Crippen molar-refractivity contribution in [3.8, 4) is 0 Å². The molecule has 1 heterocycles. The lowest BCUT2D eigenvalue weighted by Crippen LogP contribution is -2.66. The molecule has 3 rings (SSSR count). The van der Waals surface area contributed by atoms with Crippen LogP contribution in [0.5, 0.6) is 0 Å². The molecule has 6 atom stereocenters. The summed E-state index contributed by atoms with van der Waals surface area (Å²) in [7, 11) is 0. The second kappa shape index (κ2) is 3.91. The van der Waals surface area contributed by atoms with Gasteiger partial charge in [0.2, 0.25) is 0 Å². The van der Waals surface area contributed by atoms with E-state index in [-0.39, 0.29) is 16.3 Å². The predicted molar refractivity (Wildman–Crippen MR) is 85.1 cm³/mol. The Bertz CT molecular complexity index is 486. The molecule has 114 valence electrons. The number of ether oxygens (including phenoxy) is 1. The Balaban J connectivity index is 2.21. The van der Waals surface area contributed by atoms with Crippen molar-refractivity contribution < 1.29 is 14.9 Å². The Morgan fingerprint density at radius 1 is 1.10 bits per heavy atom. The molecule has 0 unspecified atom stereocenters. The molecule has 1 saturated heterocycles. The molecule has 5 heteroatoms. The largest absolute Gasteiger partial charge is 0.389 e. The zero-order valence-corrected chi connectivity index (χ0v) is 15.5. The van der Waals surface area contributed by atoms with Crippen molar-refractivity contribution in [3.05, 3.63) is 12.2 Å². The number of hydrogen-bond donors (Lipinski definition) is 2. The standard InChI is InChI=1S/C15H22Br2O3/c1-11(2)14-7-9(16)12(3,18)8-10(14)20-15(11,17)6-5-13(14,4)19/h5-6,9-10,18-19H,7-8H2,1-4H3/t9-,10+,12-,13+,14+,15+/m0/s1. The molecule has 2 aliphatic carbocycles. The second-order valence-electron chi connectivity index (χ2n) is 7.56. The minimum absolute atomic E-state index is 0.0676. The number of rotatable bonds is 0. The molecule has 2 fully saturated rings. The Kier molecular flexibility index (Phi) is 3.03. The zero-order chi connectivity index (χ0) is 15.2. The smallest absolute Gasteiger partial charge is 0.147 e. The van der Waals surface area contributed by atoms with Crippen LogP contribution < -0.4 is 0 Å². The average Bonchev–Trinajstić information content (AvgIpc) is 2.37. The van der Waals surface area contributed by atoms with Crippen molar-refractivity contribution in [1.29, 1.82) is 0 Å². The van der Waals surface area contributed by atoms with Crippen molar-refractivity contribution in [2.24, 2.45) is 10.8 Å². The van der Waals surface area contributed by atoms with Gasteiger partial charge in [0.05, 0.1) is 17.3 Å². The van der Waals surface area contributed by atoms with E-state index in [0.29, 0.717) is 12.8 Å². The lowest BCUT2D eigenvalue weighted by Gasteiger charge is -2.59. The van der Waals surface area contributed by atoms with Gasteiger partial charge in [-0.1, -0.05) is 35.9 Å². The molecule has 1 aliphatic heterocycles. The van der Waals surface area contributed by atoms with E-state index in [2.05, 4.69) is 45.7 Å². The maximum absolute atomic E-state index is 11.1. The highest BCUT2D eigenvalue weighted by molar-refractivity contribution is 9.10. The molecule has 0 radical (unpaired) electrons. The first-order valence-electron chi connectivity index (χ1n) is 7.06. The molecule has 1 saturated carbocycles. The molecule has 3 aliphatic rings. The molecule has 0 amide bonds. The van der Waals surface area contributed by atoms with Crippen LogP contribution in [0.25, 0.3) is 0 Å². The summed E-state index contributed by atoms with van der Waals surface area (Å²) in [5.41, 5.74) is -2.51. The molecular formula is C15H22Br2O3. The second-order valence-corrected chi connectivity index (χ2v) is 9.85. The first kappa shape index (κ1) is 15.5. The Hall–Kier alpha value is 0.580. The highest BCUT2D eigenvalue weighted by Gasteiger charge is 2.76. The highest BCUT2D eigenvalue weighted by atomic mass is 79.9. The quantitative estimate of drug-likeness (QED) is 0.477. The molecule has 2 bridgehead atoms. The predicted octanol–water partition coefficient (Wildman–Crippen LogP) is 3.12. The van der Waals surface area contributed by atoms with Crippen molar-refractivity contribution in [2.45, 2.75) is 67.2 Å². The van der Waals surface area contributed by atoms with Crippen LogP contribution in [0.3, 0.4) is 0 Å². The molecule has 0 aromatic heterocycles. The lowest BCUT2D eigenvalue weighted by atomic mass is 9.47. The summed E-state index contributed by atoms with van der Waals surface area (Å²) >= 11 is 7.37. The average molecular weight is 410 g/mol. The minimum Gasteiger partial charge on any atom is -0.389 e. The van der Waals surface area contributed by atoms with Crippen LogP contribution in [-0.2, 0) is 4.74 Å². The number of fused-ring (bicyclic) bond motifs is 1. The van der Waals surface area contributed by atoms with E-state index in [1.165, 1.54) is 0 Å². The minimum atomic E-state index is -0.961. The van der Waals surface area contributed by atoms with Crippen LogP contribution in [-0.4, -0.2) is 36.9 Å². The number of halogens is 2. The van der Waals surface area contributed by atoms with Gasteiger partial charge in [-0.05, 0) is 42.3 Å². The van der Waals surface area contributed by atoms with Gasteiger partial charge in [0.15, 0.2) is 0 Å². The summed E-state index contributed by atoms with van der Waals surface area (Å²) in [5, 5.41) is 21.7. The van der Waals surface area contributed by atoms with Gasteiger partial charge in [0, 0.05) is 22.1 Å². The zero-order valence-electron chi connectivity index (χ0n) is 12.3. The first-order chi connectivity index (χ1) is 8.90. The number of aliphatic hydroxyl groups is 2. The molecule has 2 N–H and O–H groups in total. The van der Waals surface area contributed by atoms with E-state index in [4.69, 9.17) is 4.74 Å². The summed E-state index contributed by atoms with van der Waals surface area (Å²) in [5.74, 6) is 0. The van der Waals surface area contributed by atoms with Gasteiger partial charge in [-0.2, -0.15) is 0 Å². The van der Waals surface area contributed by atoms with E-state index < -0.39 is 21.1 Å². The van der Waals surface area contributed by atoms with Crippen LogP contribution in [0.2, 0.25) is 0 Å². The van der Waals surface area contributed by atoms with Gasteiger partial charge in [-0.15, -0.1) is 0 Å². The summed E-state index contributed by atoms with van der Waals surface area (Å²) in [6, 6.07) is 0. The summed E-state index contributed by atoms with van der Waals surface area (Å²) in [6.45, 7) is 7.97. The normalized spacial score (nSPS) is 60.4. The fraction of sp³-hybridized carbons (Fsp3) is 0.867. The molecule has 0 aromatic carbocycles. The van der Waals surface area contributed by atoms with E-state index in [0.717, 1.165) is 0 Å². The molecule has 20 heavy (non-hydrogen) atoms. The maximum Gasteiger partial charge on any atom is 0.147 e. The highest BCUT2D eigenvalue weighted by Crippen LogP contribution is 2.72. The van der Waals surface area contributed by atoms with Crippen LogP contribution >= 0.6 is 31.9 Å². The number of hydrogen-bond acceptors (Lipinski definition) is 3. The van der Waals surface area contributed by atoms with E-state index in [1.807, 2.05) is 26.0 Å². The fourth-order valence-corrected chi connectivity index (χ4v) is 6.01. The monoisotopic (exact) mass is 408 g/mol. The summed E-state index contributed by atoms with van der Waals surface area (Å²) in [6.07, 6.45) is 4.77. The SMILES string of the molecule is CC1(C)[C@@]2(Br)C=C[C@@](C)(O)[C@@]13C[C@H](Br)[C@@](C)(O)C[C@H]3O2. The van der Waals surface area contributed by atoms with Crippen LogP contribution in [0.4, 0.5) is 0 Å². The maximum atomic E-state index is 11.1. The lowest BCUT2D eigenvalue weighted by molar-refractivity contribution is -0.161. The molecule has 0 aromatic rings. The third-order valence-corrected chi connectivity index (χ3v) is 8.88. The van der Waals surface area contributed by atoms with Crippen LogP contribution in [0.1, 0.15) is 40.5 Å². The Morgan fingerprint density at radius 3 is 2.30 bits per heavy atom. The van der Waals surface area contributed by atoms with E-state index >= 15 is 0 Å². The topological polar surface area (TPSA) is 49.7 Å². The van der Waals surface area contributed by atoms with E-state index in [1.54, 1.807) is 0 Å². The van der Waals surface area contributed by atoms with Crippen molar-refractivity contribution in [3.63, 3.8) is 0 Å². The molecule has 1 spiro atoms. The van der Waals surface area contributed by atoms with Crippen molar-refractivity contribution in [1.82, 2.24) is 0 Å². The Labute approximate surface area is 137 Å². The summed E-state index contributed by atoms with van der Waals surface area (Å²) in [4.78, 5) is -0.0676. The van der Waals surface area contributed by atoms with Crippen molar-refractivity contribution >= 4 is 31.9 Å². The van der Waals surface area contributed by atoms with Crippen LogP contribution in [0.15, 0.2) is 12.2 Å². The fourth-order valence-electron chi connectivity index (χ4n) is 4.60.